The minimum Gasteiger partial charge on any atom is -0.480 e. The van der Waals surface area contributed by atoms with E-state index in [1.165, 1.54) is 0 Å². The highest BCUT2D eigenvalue weighted by atomic mass is 19.3. The van der Waals surface area contributed by atoms with Crippen molar-refractivity contribution in [3.63, 3.8) is 0 Å². The molecule has 15 heavy (non-hydrogen) atoms. The van der Waals surface area contributed by atoms with Gasteiger partial charge >= 0.3 is 5.97 Å². The average molecular weight is 222 g/mol. The van der Waals surface area contributed by atoms with Crippen LogP contribution < -0.4 is 0 Å². The van der Waals surface area contributed by atoms with Crippen molar-refractivity contribution in [1.29, 1.82) is 0 Å². The molecule has 0 spiro atoms. The van der Waals surface area contributed by atoms with Gasteiger partial charge in [0, 0.05) is 12.8 Å². The Kier molecular flexibility index (Phi) is 4.45. The zero-order valence-electron chi connectivity index (χ0n) is 8.55. The zero-order chi connectivity index (χ0) is 11.3. The molecule has 1 rings (SSSR count). The minimum atomic E-state index is -2.61. The van der Waals surface area contributed by atoms with Gasteiger partial charge in [0.05, 0.1) is 6.10 Å². The van der Waals surface area contributed by atoms with Crippen molar-refractivity contribution in [2.75, 3.05) is 6.61 Å². The van der Waals surface area contributed by atoms with Crippen LogP contribution >= 0.6 is 0 Å². The largest absolute Gasteiger partial charge is 0.480 e. The fourth-order valence-electron chi connectivity index (χ4n) is 1.75. The second-order valence-electron chi connectivity index (χ2n) is 3.97. The smallest absolute Gasteiger partial charge is 0.329 e. The van der Waals surface area contributed by atoms with E-state index in [1.807, 2.05) is 0 Å². The molecule has 1 N–H and O–H groups in total. The minimum absolute atomic E-state index is 0.0569. The van der Waals surface area contributed by atoms with Gasteiger partial charge in [-0.3, -0.25) is 0 Å². The Bertz CT molecular complexity index is 219. The second-order valence-corrected chi connectivity index (χ2v) is 3.97. The summed E-state index contributed by atoms with van der Waals surface area (Å²) in [5.74, 6) is -3.66. The van der Waals surface area contributed by atoms with Gasteiger partial charge in [0.1, 0.15) is 6.61 Å². The number of carboxylic acids is 1. The number of aliphatic carboxylic acids is 1. The molecule has 0 aromatic carbocycles. The molecular weight excluding hydrogens is 206 g/mol. The Balaban J connectivity index is 2.35. The van der Waals surface area contributed by atoms with Gasteiger partial charge in [0.2, 0.25) is 5.92 Å². The van der Waals surface area contributed by atoms with Crippen LogP contribution in [0, 0.1) is 0 Å². The number of rotatable bonds is 3. The number of hydrogen-bond acceptors (Lipinski definition) is 2. The molecule has 0 amide bonds. The zero-order valence-corrected chi connectivity index (χ0v) is 8.55. The van der Waals surface area contributed by atoms with Crippen LogP contribution in [-0.2, 0) is 9.53 Å². The molecule has 1 saturated carbocycles. The summed E-state index contributed by atoms with van der Waals surface area (Å²) in [5.41, 5.74) is 0. The van der Waals surface area contributed by atoms with Crippen LogP contribution in [0.3, 0.4) is 0 Å². The van der Waals surface area contributed by atoms with Crippen molar-refractivity contribution in [2.24, 2.45) is 0 Å². The van der Waals surface area contributed by atoms with E-state index in [4.69, 9.17) is 9.84 Å². The maximum atomic E-state index is 13.0. The SMILES string of the molecule is O=C(O)COC1CCCCC(F)(F)CC1. The average Bonchev–Trinajstić information content (AvgIpc) is 2.12. The van der Waals surface area contributed by atoms with Gasteiger partial charge in [-0.05, 0) is 19.3 Å². The first-order valence-electron chi connectivity index (χ1n) is 5.21. The van der Waals surface area contributed by atoms with Crippen molar-refractivity contribution in [2.45, 2.75) is 50.6 Å². The summed E-state index contributed by atoms with van der Waals surface area (Å²) in [6.45, 7) is -0.393. The first-order chi connectivity index (χ1) is 6.99. The predicted molar refractivity (Wildman–Crippen MR) is 50.0 cm³/mol. The van der Waals surface area contributed by atoms with E-state index in [2.05, 4.69) is 0 Å². The predicted octanol–water partition coefficient (Wildman–Crippen LogP) is 2.45. The van der Waals surface area contributed by atoms with Gasteiger partial charge < -0.3 is 9.84 Å². The van der Waals surface area contributed by atoms with Crippen LogP contribution in [-0.4, -0.2) is 29.7 Å². The lowest BCUT2D eigenvalue weighted by atomic mass is 9.96. The Labute approximate surface area is 87.4 Å². The molecule has 0 aromatic heterocycles. The molecule has 88 valence electrons. The summed E-state index contributed by atoms with van der Waals surface area (Å²) in [6, 6.07) is 0. The van der Waals surface area contributed by atoms with Gasteiger partial charge in [-0.25, -0.2) is 13.6 Å². The van der Waals surface area contributed by atoms with E-state index in [1.54, 1.807) is 0 Å². The lowest BCUT2D eigenvalue weighted by molar-refractivity contribution is -0.145. The Hall–Kier alpha value is -0.710. The van der Waals surface area contributed by atoms with Gasteiger partial charge in [0.25, 0.3) is 0 Å². The van der Waals surface area contributed by atoms with Gasteiger partial charge in [-0.1, -0.05) is 6.42 Å². The van der Waals surface area contributed by atoms with Crippen molar-refractivity contribution in [3.05, 3.63) is 0 Å². The van der Waals surface area contributed by atoms with Crippen LogP contribution in [0.1, 0.15) is 38.5 Å². The summed E-state index contributed by atoms with van der Waals surface area (Å²) < 4.78 is 31.1. The Morgan fingerprint density at radius 1 is 1.33 bits per heavy atom. The highest BCUT2D eigenvalue weighted by molar-refractivity contribution is 5.68. The number of hydrogen-bond donors (Lipinski definition) is 1. The lowest BCUT2D eigenvalue weighted by Gasteiger charge is -2.24. The fourth-order valence-corrected chi connectivity index (χ4v) is 1.75. The molecule has 1 aliphatic rings. The first-order valence-corrected chi connectivity index (χ1v) is 5.21. The van der Waals surface area contributed by atoms with E-state index in [0.717, 1.165) is 0 Å². The van der Waals surface area contributed by atoms with E-state index in [9.17, 15) is 13.6 Å². The maximum Gasteiger partial charge on any atom is 0.329 e. The molecule has 1 atom stereocenters. The molecule has 1 fully saturated rings. The van der Waals surface area contributed by atoms with Crippen LogP contribution in [0.5, 0.6) is 0 Å². The number of alkyl halides is 2. The summed E-state index contributed by atoms with van der Waals surface area (Å²) in [7, 11) is 0. The Morgan fingerprint density at radius 3 is 2.73 bits per heavy atom. The fraction of sp³-hybridized carbons (Fsp3) is 0.900. The molecule has 0 heterocycles. The molecule has 0 aromatic rings. The normalized spacial score (nSPS) is 26.7. The third-order valence-electron chi connectivity index (χ3n) is 2.59. The second kappa shape index (κ2) is 5.39. The molecule has 1 aliphatic carbocycles. The molecule has 0 radical (unpaired) electrons. The quantitative estimate of drug-likeness (QED) is 0.797. The van der Waals surface area contributed by atoms with Gasteiger partial charge in [-0.2, -0.15) is 0 Å². The van der Waals surface area contributed by atoms with Crippen LogP contribution in [0.15, 0.2) is 0 Å². The summed E-state index contributed by atoms with van der Waals surface area (Å²) in [4.78, 5) is 10.3. The summed E-state index contributed by atoms with van der Waals surface area (Å²) >= 11 is 0. The maximum absolute atomic E-state index is 13.0. The molecule has 5 heteroatoms. The van der Waals surface area contributed by atoms with Crippen LogP contribution in [0.4, 0.5) is 8.78 Å². The Morgan fingerprint density at radius 2 is 2.07 bits per heavy atom. The molecule has 1 unspecified atom stereocenters. The van der Waals surface area contributed by atoms with E-state index < -0.39 is 18.5 Å². The van der Waals surface area contributed by atoms with Crippen molar-refractivity contribution < 1.29 is 23.4 Å². The van der Waals surface area contributed by atoms with E-state index in [-0.39, 0.29) is 25.4 Å². The number of carbonyl (C=O) groups is 1. The number of halogens is 2. The molecule has 0 aliphatic heterocycles. The highest BCUT2D eigenvalue weighted by Crippen LogP contribution is 2.31. The number of ether oxygens (including phenoxy) is 1. The van der Waals surface area contributed by atoms with Crippen molar-refractivity contribution >= 4 is 5.97 Å². The third-order valence-corrected chi connectivity index (χ3v) is 2.59. The number of carboxylic acid groups (broad SMARTS) is 1. The lowest BCUT2D eigenvalue weighted by Crippen LogP contribution is -2.25. The molecule has 3 nitrogen and oxygen atoms in total. The first kappa shape index (κ1) is 12.4. The van der Waals surface area contributed by atoms with E-state index >= 15 is 0 Å². The standard InChI is InChI=1S/C10H16F2O3/c11-10(12)5-2-1-3-8(4-6-10)15-7-9(13)14/h8H,1-7H2,(H,13,14). The summed E-state index contributed by atoms with van der Waals surface area (Å²) in [5, 5.41) is 8.40. The van der Waals surface area contributed by atoms with Crippen molar-refractivity contribution in [1.82, 2.24) is 0 Å². The van der Waals surface area contributed by atoms with Gasteiger partial charge in [0.15, 0.2) is 0 Å². The topological polar surface area (TPSA) is 46.5 Å². The third kappa shape index (κ3) is 5.06. The summed E-state index contributed by atoms with van der Waals surface area (Å²) in [6.07, 6.45) is 1.52. The van der Waals surface area contributed by atoms with E-state index in [0.29, 0.717) is 19.3 Å². The molecule has 0 saturated heterocycles. The van der Waals surface area contributed by atoms with Crippen molar-refractivity contribution in [3.8, 4) is 0 Å². The highest BCUT2D eigenvalue weighted by Gasteiger charge is 2.31. The van der Waals surface area contributed by atoms with Crippen LogP contribution in [0.25, 0.3) is 0 Å². The van der Waals surface area contributed by atoms with Gasteiger partial charge in [-0.15, -0.1) is 0 Å². The molecular formula is C10H16F2O3. The monoisotopic (exact) mass is 222 g/mol. The molecule has 0 bridgehead atoms. The van der Waals surface area contributed by atoms with Crippen LogP contribution in [0.2, 0.25) is 0 Å².